The van der Waals surface area contributed by atoms with Gasteiger partial charge in [-0.3, -0.25) is 0 Å². The fourth-order valence-electron chi connectivity index (χ4n) is 1.80. The van der Waals surface area contributed by atoms with Crippen molar-refractivity contribution in [3.63, 3.8) is 0 Å². The molecule has 0 saturated carbocycles. The maximum absolute atomic E-state index is 9.67. The highest BCUT2D eigenvalue weighted by Crippen LogP contribution is 2.22. The maximum atomic E-state index is 9.67. The SMILES string of the molecule is COc1ccc(O)c(C=NOCON=Cc2cc(OC)ccc2O)c1. The van der Waals surface area contributed by atoms with Gasteiger partial charge < -0.3 is 29.4 Å². The van der Waals surface area contributed by atoms with Crippen LogP contribution < -0.4 is 9.47 Å². The molecule has 0 aliphatic rings. The Kier molecular flexibility index (Phi) is 6.47. The molecule has 2 N–H and O–H groups in total. The van der Waals surface area contributed by atoms with E-state index in [1.54, 1.807) is 24.3 Å². The van der Waals surface area contributed by atoms with Crippen molar-refractivity contribution in [2.45, 2.75) is 0 Å². The Balaban J connectivity index is 1.82. The molecule has 0 aliphatic heterocycles. The molecule has 0 aromatic heterocycles. The summed E-state index contributed by atoms with van der Waals surface area (Å²) in [7, 11) is 3.05. The first-order valence-electron chi connectivity index (χ1n) is 7.18. The third-order valence-electron chi connectivity index (χ3n) is 3.11. The van der Waals surface area contributed by atoms with E-state index < -0.39 is 0 Å². The molecule has 0 spiro atoms. The lowest BCUT2D eigenvalue weighted by atomic mass is 10.2. The molecular weight excluding hydrogens is 328 g/mol. The van der Waals surface area contributed by atoms with Gasteiger partial charge in [-0.15, -0.1) is 0 Å². The highest BCUT2D eigenvalue weighted by atomic mass is 16.8. The van der Waals surface area contributed by atoms with Gasteiger partial charge in [-0.25, -0.2) is 0 Å². The van der Waals surface area contributed by atoms with Crippen LogP contribution in [0.25, 0.3) is 0 Å². The van der Waals surface area contributed by atoms with E-state index >= 15 is 0 Å². The molecular formula is C17H18N2O6. The van der Waals surface area contributed by atoms with Crippen molar-refractivity contribution < 1.29 is 29.4 Å². The molecule has 2 aromatic rings. The number of phenolic OH excluding ortho intramolecular Hbond substituents is 2. The van der Waals surface area contributed by atoms with Crippen molar-refractivity contribution in [3.05, 3.63) is 47.5 Å². The second kappa shape index (κ2) is 9.02. The van der Waals surface area contributed by atoms with Crippen LogP contribution in [-0.2, 0) is 9.68 Å². The third kappa shape index (κ3) is 5.31. The predicted octanol–water partition coefficient (Wildman–Crippen LogP) is 2.47. The minimum absolute atomic E-state index is 0.0422. The van der Waals surface area contributed by atoms with Crippen LogP contribution in [0.3, 0.4) is 0 Å². The summed E-state index contributed by atoms with van der Waals surface area (Å²) >= 11 is 0. The first-order chi connectivity index (χ1) is 12.1. The molecule has 25 heavy (non-hydrogen) atoms. The number of methoxy groups -OCH3 is 2. The van der Waals surface area contributed by atoms with Gasteiger partial charge in [0.1, 0.15) is 23.0 Å². The monoisotopic (exact) mass is 346 g/mol. The topological polar surface area (TPSA) is 102 Å². The molecule has 0 amide bonds. The highest BCUT2D eigenvalue weighted by Gasteiger charge is 2.01. The van der Waals surface area contributed by atoms with E-state index in [1.165, 1.54) is 38.8 Å². The minimum atomic E-state index is -0.248. The second-order valence-electron chi connectivity index (χ2n) is 4.69. The zero-order chi connectivity index (χ0) is 18.1. The predicted molar refractivity (Wildman–Crippen MR) is 91.5 cm³/mol. The average Bonchev–Trinajstić information content (AvgIpc) is 2.63. The van der Waals surface area contributed by atoms with Gasteiger partial charge in [-0.05, 0) is 36.4 Å². The average molecular weight is 346 g/mol. The van der Waals surface area contributed by atoms with Gasteiger partial charge in [-0.2, -0.15) is 0 Å². The van der Waals surface area contributed by atoms with Crippen LogP contribution in [-0.4, -0.2) is 43.7 Å². The first-order valence-corrected chi connectivity index (χ1v) is 7.18. The van der Waals surface area contributed by atoms with E-state index in [-0.39, 0.29) is 18.3 Å². The van der Waals surface area contributed by atoms with E-state index in [0.717, 1.165) is 0 Å². The summed E-state index contributed by atoms with van der Waals surface area (Å²) in [6.07, 6.45) is 2.64. The normalized spacial score (nSPS) is 11.0. The molecule has 0 bridgehead atoms. The molecule has 0 unspecified atom stereocenters. The largest absolute Gasteiger partial charge is 0.507 e. The van der Waals surface area contributed by atoms with Crippen molar-refractivity contribution in [2.24, 2.45) is 10.3 Å². The van der Waals surface area contributed by atoms with Crippen molar-refractivity contribution in [3.8, 4) is 23.0 Å². The molecule has 2 aromatic carbocycles. The van der Waals surface area contributed by atoms with Crippen LogP contribution in [0.4, 0.5) is 0 Å². The van der Waals surface area contributed by atoms with Gasteiger partial charge in [0.15, 0.2) is 0 Å². The Morgan fingerprint density at radius 2 is 1.24 bits per heavy atom. The van der Waals surface area contributed by atoms with Gasteiger partial charge in [0.25, 0.3) is 6.79 Å². The Morgan fingerprint density at radius 1 is 0.800 bits per heavy atom. The molecule has 0 atom stereocenters. The smallest absolute Gasteiger partial charge is 0.280 e. The molecule has 8 nitrogen and oxygen atoms in total. The Hall–Kier alpha value is -3.42. The van der Waals surface area contributed by atoms with Gasteiger partial charge in [0.2, 0.25) is 0 Å². The van der Waals surface area contributed by atoms with E-state index in [2.05, 4.69) is 10.3 Å². The van der Waals surface area contributed by atoms with Crippen LogP contribution >= 0.6 is 0 Å². The molecule has 8 heteroatoms. The van der Waals surface area contributed by atoms with Gasteiger partial charge in [0, 0.05) is 11.1 Å². The summed E-state index contributed by atoms with van der Waals surface area (Å²) < 4.78 is 10.1. The number of hydrogen-bond acceptors (Lipinski definition) is 8. The number of ether oxygens (including phenoxy) is 2. The maximum Gasteiger partial charge on any atom is 0.280 e. The van der Waals surface area contributed by atoms with Crippen LogP contribution in [0.1, 0.15) is 11.1 Å². The van der Waals surface area contributed by atoms with Crippen LogP contribution in [0, 0.1) is 0 Å². The number of oxime groups is 2. The number of benzene rings is 2. The molecule has 0 fully saturated rings. The van der Waals surface area contributed by atoms with Crippen LogP contribution in [0.2, 0.25) is 0 Å². The Labute approximate surface area is 144 Å². The lowest BCUT2D eigenvalue weighted by Crippen LogP contribution is -1.93. The number of aromatic hydroxyl groups is 2. The van der Waals surface area contributed by atoms with Crippen molar-refractivity contribution >= 4 is 12.4 Å². The summed E-state index contributed by atoms with van der Waals surface area (Å²) in [4.78, 5) is 9.75. The molecule has 2 rings (SSSR count). The summed E-state index contributed by atoms with van der Waals surface area (Å²) in [5.41, 5.74) is 0.869. The van der Waals surface area contributed by atoms with E-state index in [0.29, 0.717) is 22.6 Å². The lowest BCUT2D eigenvalue weighted by molar-refractivity contribution is -0.0493. The summed E-state index contributed by atoms with van der Waals surface area (Å²) in [6.45, 7) is -0.248. The quantitative estimate of drug-likeness (QED) is 0.329. The second-order valence-corrected chi connectivity index (χ2v) is 4.69. The molecule has 0 aliphatic carbocycles. The zero-order valence-corrected chi connectivity index (χ0v) is 13.7. The third-order valence-corrected chi connectivity index (χ3v) is 3.11. The van der Waals surface area contributed by atoms with E-state index in [4.69, 9.17) is 19.1 Å². The molecule has 0 radical (unpaired) electrons. The van der Waals surface area contributed by atoms with Crippen molar-refractivity contribution in [2.75, 3.05) is 21.0 Å². The van der Waals surface area contributed by atoms with Crippen LogP contribution in [0.5, 0.6) is 23.0 Å². The molecule has 132 valence electrons. The fourth-order valence-corrected chi connectivity index (χ4v) is 1.80. The van der Waals surface area contributed by atoms with Gasteiger partial charge in [-0.1, -0.05) is 10.3 Å². The van der Waals surface area contributed by atoms with Crippen LogP contribution in [0.15, 0.2) is 46.7 Å². The lowest BCUT2D eigenvalue weighted by Gasteiger charge is -2.03. The fraction of sp³-hybridized carbons (Fsp3) is 0.176. The number of phenols is 2. The number of nitrogens with zero attached hydrogens (tertiary/aromatic N) is 2. The van der Waals surface area contributed by atoms with Crippen molar-refractivity contribution in [1.29, 1.82) is 0 Å². The highest BCUT2D eigenvalue weighted by molar-refractivity contribution is 5.84. The Bertz CT molecular complexity index is 697. The van der Waals surface area contributed by atoms with E-state index in [1.807, 2.05) is 0 Å². The molecule has 0 heterocycles. The standard InChI is InChI=1S/C17H18N2O6/c1-22-14-3-5-16(20)12(7-14)9-18-24-11-25-19-10-13-8-15(23-2)4-6-17(13)21/h3-10,20-21H,11H2,1-2H3. The van der Waals surface area contributed by atoms with E-state index in [9.17, 15) is 10.2 Å². The zero-order valence-electron chi connectivity index (χ0n) is 13.7. The number of rotatable bonds is 8. The van der Waals surface area contributed by atoms with Gasteiger partial charge >= 0.3 is 0 Å². The molecule has 0 saturated heterocycles. The first kappa shape index (κ1) is 17.9. The minimum Gasteiger partial charge on any atom is -0.507 e. The van der Waals surface area contributed by atoms with Gasteiger partial charge in [0.05, 0.1) is 26.6 Å². The summed E-state index contributed by atoms with van der Waals surface area (Å²) in [5, 5.41) is 26.7. The summed E-state index contributed by atoms with van der Waals surface area (Å²) in [6, 6.07) is 9.43. The Morgan fingerprint density at radius 3 is 1.64 bits per heavy atom. The van der Waals surface area contributed by atoms with Crippen molar-refractivity contribution in [1.82, 2.24) is 0 Å². The number of hydrogen-bond donors (Lipinski definition) is 2. The summed E-state index contributed by atoms with van der Waals surface area (Å²) in [5.74, 6) is 1.25.